The molecule has 3 rings (SSSR count). The minimum Gasteiger partial charge on any atom is -0.491 e. The number of nitrogens with one attached hydrogen (secondary N) is 2. The Balaban J connectivity index is 1.61. The molecule has 144 valence electrons. The number of benzene rings is 2. The molecule has 0 saturated heterocycles. The Kier molecular flexibility index (Phi) is 6.45. The van der Waals surface area contributed by atoms with Gasteiger partial charge in [0.05, 0.1) is 6.10 Å². The van der Waals surface area contributed by atoms with E-state index >= 15 is 0 Å². The maximum absolute atomic E-state index is 12.4. The van der Waals surface area contributed by atoms with Crippen LogP contribution in [0.1, 0.15) is 29.9 Å². The second-order valence-electron chi connectivity index (χ2n) is 6.39. The number of nitrogens with zero attached hydrogens (tertiary/aromatic N) is 2. The molecule has 0 aliphatic heterocycles. The monoisotopic (exact) mass is 396 g/mol. The number of aromatic nitrogens is 2. The Morgan fingerprint density at radius 2 is 1.79 bits per heavy atom. The maximum atomic E-state index is 12.4. The highest BCUT2D eigenvalue weighted by Crippen LogP contribution is 2.19. The third kappa shape index (κ3) is 5.69. The zero-order valence-corrected chi connectivity index (χ0v) is 16.4. The topological polar surface area (TPSA) is 76.1 Å². The second-order valence-corrected chi connectivity index (χ2v) is 6.83. The van der Waals surface area contributed by atoms with Crippen LogP contribution in [0.15, 0.2) is 60.8 Å². The molecule has 2 N–H and O–H groups in total. The third-order valence-electron chi connectivity index (χ3n) is 3.74. The van der Waals surface area contributed by atoms with Gasteiger partial charge in [-0.25, -0.2) is 9.97 Å². The molecule has 1 heterocycles. The van der Waals surface area contributed by atoms with Crippen molar-refractivity contribution in [3.8, 4) is 5.75 Å². The molecule has 0 aliphatic carbocycles. The van der Waals surface area contributed by atoms with Crippen molar-refractivity contribution in [2.75, 3.05) is 5.32 Å². The van der Waals surface area contributed by atoms with Crippen molar-refractivity contribution in [3.05, 3.63) is 77.1 Å². The van der Waals surface area contributed by atoms with Gasteiger partial charge in [0.1, 0.15) is 11.4 Å². The highest BCUT2D eigenvalue weighted by molar-refractivity contribution is 6.30. The Hall–Kier alpha value is -3.12. The Bertz CT molecular complexity index is 928. The summed E-state index contributed by atoms with van der Waals surface area (Å²) in [5.74, 6) is 0.856. The molecule has 1 aromatic heterocycles. The van der Waals surface area contributed by atoms with Crippen LogP contribution in [0.3, 0.4) is 0 Å². The van der Waals surface area contributed by atoms with Crippen molar-refractivity contribution in [2.24, 2.45) is 0 Å². The van der Waals surface area contributed by atoms with E-state index in [1.54, 1.807) is 24.4 Å². The smallest absolute Gasteiger partial charge is 0.270 e. The lowest BCUT2D eigenvalue weighted by Crippen LogP contribution is -2.24. The predicted octanol–water partition coefficient (Wildman–Crippen LogP) is 4.59. The van der Waals surface area contributed by atoms with Crippen molar-refractivity contribution < 1.29 is 9.53 Å². The van der Waals surface area contributed by atoms with Gasteiger partial charge < -0.3 is 15.4 Å². The van der Waals surface area contributed by atoms with Crippen LogP contribution >= 0.6 is 11.6 Å². The largest absolute Gasteiger partial charge is 0.491 e. The van der Waals surface area contributed by atoms with Crippen LogP contribution in [0.2, 0.25) is 5.02 Å². The summed E-state index contributed by atoms with van der Waals surface area (Å²) in [7, 11) is 0. The van der Waals surface area contributed by atoms with Gasteiger partial charge in [-0.2, -0.15) is 0 Å². The van der Waals surface area contributed by atoms with Crippen LogP contribution in [-0.4, -0.2) is 22.0 Å². The first-order chi connectivity index (χ1) is 13.5. The van der Waals surface area contributed by atoms with E-state index in [9.17, 15) is 4.79 Å². The molecule has 0 aliphatic rings. The first-order valence-electron chi connectivity index (χ1n) is 8.89. The van der Waals surface area contributed by atoms with Gasteiger partial charge in [-0.15, -0.1) is 0 Å². The summed E-state index contributed by atoms with van der Waals surface area (Å²) in [4.78, 5) is 20.8. The van der Waals surface area contributed by atoms with E-state index in [0.717, 1.165) is 17.0 Å². The number of rotatable bonds is 7. The fraction of sp³-hybridized carbons (Fsp3) is 0.190. The van der Waals surface area contributed by atoms with E-state index < -0.39 is 0 Å². The Labute approximate surface area is 168 Å². The molecule has 0 fully saturated rings. The molecule has 0 saturated carbocycles. The van der Waals surface area contributed by atoms with Gasteiger partial charge in [-0.3, -0.25) is 4.79 Å². The number of carbonyl (C=O) groups excluding carboxylic acids is 1. The number of amides is 1. The number of carbonyl (C=O) groups is 1. The van der Waals surface area contributed by atoms with Gasteiger partial charge in [0.2, 0.25) is 5.95 Å². The quantitative estimate of drug-likeness (QED) is 0.610. The number of halogens is 1. The number of anilines is 2. The van der Waals surface area contributed by atoms with Crippen LogP contribution in [0.4, 0.5) is 11.6 Å². The molecule has 1 amide bonds. The average Bonchev–Trinajstić information content (AvgIpc) is 2.69. The van der Waals surface area contributed by atoms with Gasteiger partial charge in [0.25, 0.3) is 5.91 Å². The minimum absolute atomic E-state index is 0.116. The minimum atomic E-state index is -0.277. The van der Waals surface area contributed by atoms with Gasteiger partial charge in [-0.05, 0) is 61.9 Å². The fourth-order valence-electron chi connectivity index (χ4n) is 2.44. The zero-order chi connectivity index (χ0) is 19.9. The second kappa shape index (κ2) is 9.19. The lowest BCUT2D eigenvalue weighted by atomic mass is 10.2. The molecule has 0 atom stereocenters. The standard InChI is InChI=1S/C21H21ClN4O2/c1-14(2)28-18-9-7-17(8-10-18)25-21-23-12-11-19(26-21)20(27)24-13-15-3-5-16(22)6-4-15/h3-12,14H,13H2,1-2H3,(H,24,27)(H,23,25,26). The summed E-state index contributed by atoms with van der Waals surface area (Å²) in [6.45, 7) is 4.34. The van der Waals surface area contributed by atoms with Gasteiger partial charge >= 0.3 is 0 Å². The first-order valence-corrected chi connectivity index (χ1v) is 9.27. The van der Waals surface area contributed by atoms with Crippen LogP contribution in [0.5, 0.6) is 5.75 Å². The van der Waals surface area contributed by atoms with Gasteiger partial charge in [0, 0.05) is 23.5 Å². The maximum Gasteiger partial charge on any atom is 0.270 e. The third-order valence-corrected chi connectivity index (χ3v) is 3.99. The first kappa shape index (κ1) is 19.6. The average molecular weight is 397 g/mol. The highest BCUT2D eigenvalue weighted by Gasteiger charge is 2.09. The molecule has 2 aromatic carbocycles. The van der Waals surface area contributed by atoms with Crippen molar-refractivity contribution in [1.29, 1.82) is 0 Å². The molecule has 3 aromatic rings. The molecule has 7 heteroatoms. The van der Waals surface area contributed by atoms with Crippen molar-refractivity contribution in [2.45, 2.75) is 26.5 Å². The molecule has 6 nitrogen and oxygen atoms in total. The molecular formula is C21H21ClN4O2. The van der Waals surface area contributed by atoms with Crippen LogP contribution in [-0.2, 0) is 6.54 Å². The summed E-state index contributed by atoms with van der Waals surface area (Å²) in [6, 6.07) is 16.3. The van der Waals surface area contributed by atoms with E-state index in [1.807, 2.05) is 50.2 Å². The van der Waals surface area contributed by atoms with E-state index in [1.165, 1.54) is 0 Å². The highest BCUT2D eigenvalue weighted by atomic mass is 35.5. The zero-order valence-electron chi connectivity index (χ0n) is 15.6. The molecule has 0 radical (unpaired) electrons. The Morgan fingerprint density at radius 3 is 2.46 bits per heavy atom. The van der Waals surface area contributed by atoms with Crippen molar-refractivity contribution >= 4 is 29.1 Å². The van der Waals surface area contributed by atoms with E-state index in [2.05, 4.69) is 20.6 Å². The molecular weight excluding hydrogens is 376 g/mol. The van der Waals surface area contributed by atoms with E-state index in [0.29, 0.717) is 17.5 Å². The number of hydrogen-bond acceptors (Lipinski definition) is 5. The predicted molar refractivity (Wildman–Crippen MR) is 110 cm³/mol. The summed E-state index contributed by atoms with van der Waals surface area (Å²) in [5, 5.41) is 6.58. The summed E-state index contributed by atoms with van der Waals surface area (Å²) >= 11 is 5.87. The molecule has 0 spiro atoms. The van der Waals surface area contributed by atoms with Gasteiger partial charge in [-0.1, -0.05) is 23.7 Å². The van der Waals surface area contributed by atoms with Crippen molar-refractivity contribution in [1.82, 2.24) is 15.3 Å². The van der Waals surface area contributed by atoms with E-state index in [4.69, 9.17) is 16.3 Å². The SMILES string of the molecule is CC(C)Oc1ccc(Nc2nccc(C(=O)NCc3ccc(Cl)cc3)n2)cc1. The van der Waals surface area contributed by atoms with Gasteiger partial charge in [0.15, 0.2) is 0 Å². The molecule has 28 heavy (non-hydrogen) atoms. The molecule has 0 unspecified atom stereocenters. The normalized spacial score (nSPS) is 10.6. The van der Waals surface area contributed by atoms with E-state index in [-0.39, 0.29) is 17.7 Å². The van der Waals surface area contributed by atoms with Crippen molar-refractivity contribution in [3.63, 3.8) is 0 Å². The van der Waals surface area contributed by atoms with Crippen LogP contribution < -0.4 is 15.4 Å². The summed E-state index contributed by atoms with van der Waals surface area (Å²) < 4.78 is 5.62. The summed E-state index contributed by atoms with van der Waals surface area (Å²) in [5.41, 5.74) is 2.04. The fourth-order valence-corrected chi connectivity index (χ4v) is 2.56. The Morgan fingerprint density at radius 1 is 1.07 bits per heavy atom. The summed E-state index contributed by atoms with van der Waals surface area (Å²) in [6.07, 6.45) is 1.66. The van der Waals surface area contributed by atoms with Crippen LogP contribution in [0.25, 0.3) is 0 Å². The molecule has 0 bridgehead atoms. The lowest BCUT2D eigenvalue weighted by Gasteiger charge is -2.11. The number of hydrogen-bond donors (Lipinski definition) is 2. The van der Waals surface area contributed by atoms with Crippen LogP contribution in [0, 0.1) is 0 Å². The lowest BCUT2D eigenvalue weighted by molar-refractivity contribution is 0.0946. The number of ether oxygens (including phenoxy) is 1.